The lowest BCUT2D eigenvalue weighted by atomic mass is 9.71. The molecule has 0 amide bonds. The molecule has 1 atom stereocenters. The van der Waals surface area contributed by atoms with Crippen molar-refractivity contribution in [2.24, 2.45) is 0 Å². The molecule has 61 heavy (non-hydrogen) atoms. The fourth-order valence-corrected chi connectivity index (χ4v) is 10.3. The molecule has 0 fully saturated rings. The summed E-state index contributed by atoms with van der Waals surface area (Å²) in [6, 6.07) is 42.2. The van der Waals surface area contributed by atoms with Crippen molar-refractivity contribution in [1.82, 2.24) is 0 Å². The average Bonchev–Trinajstić information content (AvgIpc) is 3.28. The Hall–Kier alpha value is -4.40. The molecule has 5 heteroatoms. The van der Waals surface area contributed by atoms with E-state index in [0.717, 1.165) is 68.6 Å². The van der Waals surface area contributed by atoms with E-state index in [4.69, 9.17) is 13.8 Å². The monoisotopic (exact) mass is 839 g/mol. The molecule has 0 saturated heterocycles. The summed E-state index contributed by atoms with van der Waals surface area (Å²) in [7, 11) is -1.56. The number of para-hydroxylation sites is 1. The molecule has 0 aromatic heterocycles. The summed E-state index contributed by atoms with van der Waals surface area (Å²) in [5, 5.41) is 1.05. The minimum Gasteiger partial charge on any atom is -0.465 e. The molecule has 0 spiro atoms. The number of carbonyl (C=O) groups excluding carboxylic acids is 1. The predicted octanol–water partition coefficient (Wildman–Crippen LogP) is 15.8. The van der Waals surface area contributed by atoms with Crippen LogP contribution < -0.4 is 14.4 Å². The number of benzene rings is 5. The van der Waals surface area contributed by atoms with Crippen LogP contribution in [-0.2, 0) is 26.8 Å². The van der Waals surface area contributed by atoms with Gasteiger partial charge in [-0.1, -0.05) is 240 Å². The van der Waals surface area contributed by atoms with Crippen molar-refractivity contribution in [2.75, 3.05) is 6.61 Å². The summed E-state index contributed by atoms with van der Waals surface area (Å²) in [5.74, 6) is 1.43. The summed E-state index contributed by atoms with van der Waals surface area (Å²) >= 11 is 0. The molecule has 5 aromatic rings. The molecule has 324 valence electrons. The van der Waals surface area contributed by atoms with Crippen LogP contribution in [0.25, 0.3) is 11.1 Å². The van der Waals surface area contributed by atoms with Gasteiger partial charge in [0.1, 0.15) is 11.5 Å². The van der Waals surface area contributed by atoms with E-state index in [2.05, 4.69) is 144 Å². The number of fused-ring (bicyclic) bond motifs is 3. The van der Waals surface area contributed by atoms with Crippen molar-refractivity contribution in [2.45, 2.75) is 155 Å². The third kappa shape index (κ3) is 12.6. The fraction of sp³-hybridized carbons (Fsp3) is 0.446. The highest BCUT2D eigenvalue weighted by Gasteiger charge is 2.38. The maximum atomic E-state index is 13.6. The zero-order valence-electron chi connectivity index (χ0n) is 37.9. The highest BCUT2D eigenvalue weighted by atomic mass is 31.2. The van der Waals surface area contributed by atoms with Gasteiger partial charge in [-0.2, -0.15) is 0 Å². The maximum absolute atomic E-state index is 13.6. The minimum absolute atomic E-state index is 0.188. The van der Waals surface area contributed by atoms with Gasteiger partial charge in [-0.3, -0.25) is 4.79 Å². The molecule has 0 radical (unpaired) electrons. The fourth-order valence-electron chi connectivity index (χ4n) is 8.81. The SMILES string of the molecule is CCCCCCCCCCCCCCCCCCOC(=O)Cc1cc(C(C)(C)c2ccccc2)c(OP2Oc3ccccc3-c3ccccc32)c(C(C)(C)c2ccccc2)c1. The van der Waals surface area contributed by atoms with Crippen molar-refractivity contribution in [3.63, 3.8) is 0 Å². The number of rotatable bonds is 25. The van der Waals surface area contributed by atoms with Crippen LogP contribution >= 0.6 is 8.38 Å². The topological polar surface area (TPSA) is 44.8 Å². The normalized spacial score (nSPS) is 13.6. The summed E-state index contributed by atoms with van der Waals surface area (Å²) in [5.41, 5.74) is 6.53. The van der Waals surface area contributed by atoms with Gasteiger partial charge in [0.2, 0.25) is 0 Å². The molecule has 0 bridgehead atoms. The van der Waals surface area contributed by atoms with Gasteiger partial charge < -0.3 is 13.8 Å². The summed E-state index contributed by atoms with van der Waals surface area (Å²) in [4.78, 5) is 13.6. The van der Waals surface area contributed by atoms with Crippen LogP contribution in [0.3, 0.4) is 0 Å². The molecular formula is C56H71O4P. The van der Waals surface area contributed by atoms with Crippen LogP contribution in [0.1, 0.15) is 165 Å². The van der Waals surface area contributed by atoms with E-state index in [-0.39, 0.29) is 12.4 Å². The molecule has 6 rings (SSSR count). The van der Waals surface area contributed by atoms with Gasteiger partial charge in [0.15, 0.2) is 0 Å². The average molecular weight is 839 g/mol. The van der Waals surface area contributed by atoms with Crippen molar-refractivity contribution in [3.8, 4) is 22.6 Å². The van der Waals surface area contributed by atoms with Crippen molar-refractivity contribution < 1.29 is 18.6 Å². The molecule has 1 aliphatic rings. The molecule has 0 saturated carbocycles. The van der Waals surface area contributed by atoms with E-state index in [0.29, 0.717) is 6.61 Å². The molecule has 0 N–H and O–H groups in total. The van der Waals surface area contributed by atoms with Crippen molar-refractivity contribution >= 4 is 19.6 Å². The van der Waals surface area contributed by atoms with Gasteiger partial charge in [-0.25, -0.2) is 0 Å². The molecule has 4 nitrogen and oxygen atoms in total. The molecule has 0 aliphatic carbocycles. The van der Waals surface area contributed by atoms with Gasteiger partial charge in [0.05, 0.1) is 18.3 Å². The lowest BCUT2D eigenvalue weighted by Gasteiger charge is -2.36. The zero-order chi connectivity index (χ0) is 42.9. The maximum Gasteiger partial charge on any atom is 0.326 e. The van der Waals surface area contributed by atoms with E-state index >= 15 is 0 Å². The van der Waals surface area contributed by atoms with Gasteiger partial charge >= 0.3 is 14.3 Å². The van der Waals surface area contributed by atoms with Crippen molar-refractivity contribution in [3.05, 3.63) is 149 Å². The molecule has 5 aromatic carbocycles. The van der Waals surface area contributed by atoms with E-state index < -0.39 is 19.2 Å². The number of unbranched alkanes of at least 4 members (excludes halogenated alkanes) is 15. The van der Waals surface area contributed by atoms with E-state index in [9.17, 15) is 4.79 Å². The first kappa shape index (κ1) is 46.1. The molecule has 1 aliphatic heterocycles. The van der Waals surface area contributed by atoms with Crippen LogP contribution in [0, 0.1) is 0 Å². The second-order valence-corrected chi connectivity index (χ2v) is 19.5. The summed E-state index contributed by atoms with van der Waals surface area (Å²) in [6.07, 6.45) is 21.3. The quantitative estimate of drug-likeness (QED) is 0.0334. The first-order valence-electron chi connectivity index (χ1n) is 23.5. The van der Waals surface area contributed by atoms with Crippen LogP contribution in [0.15, 0.2) is 121 Å². The Balaban J connectivity index is 1.15. The van der Waals surface area contributed by atoms with Crippen LogP contribution in [0.4, 0.5) is 0 Å². The number of carbonyl (C=O) groups is 1. The Kier molecular flexibility index (Phi) is 17.5. The Morgan fingerprint density at radius 3 is 1.51 bits per heavy atom. The smallest absolute Gasteiger partial charge is 0.326 e. The molecule has 1 heterocycles. The first-order valence-corrected chi connectivity index (χ1v) is 24.7. The van der Waals surface area contributed by atoms with Gasteiger partial charge in [-0.15, -0.1) is 0 Å². The second-order valence-electron chi connectivity index (χ2n) is 18.2. The second kappa shape index (κ2) is 23.2. The van der Waals surface area contributed by atoms with Gasteiger partial charge in [0, 0.05) is 27.5 Å². The number of hydrogen-bond donors (Lipinski definition) is 0. The Bertz CT molecular complexity index is 2020. The predicted molar refractivity (Wildman–Crippen MR) is 257 cm³/mol. The number of ether oxygens (including phenoxy) is 1. The highest BCUT2D eigenvalue weighted by Crippen LogP contribution is 2.54. The molecular weight excluding hydrogens is 768 g/mol. The largest absolute Gasteiger partial charge is 0.465 e. The van der Waals surface area contributed by atoms with Gasteiger partial charge in [0.25, 0.3) is 0 Å². The van der Waals surface area contributed by atoms with Gasteiger partial charge in [-0.05, 0) is 40.8 Å². The van der Waals surface area contributed by atoms with E-state index in [1.54, 1.807) is 0 Å². The zero-order valence-corrected chi connectivity index (χ0v) is 38.7. The number of hydrogen-bond acceptors (Lipinski definition) is 4. The lowest BCUT2D eigenvalue weighted by molar-refractivity contribution is -0.142. The van der Waals surface area contributed by atoms with Crippen LogP contribution in [0.2, 0.25) is 0 Å². The molecule has 1 unspecified atom stereocenters. The van der Waals surface area contributed by atoms with E-state index in [1.165, 1.54) is 89.9 Å². The summed E-state index contributed by atoms with van der Waals surface area (Å²) < 4.78 is 20.1. The summed E-state index contributed by atoms with van der Waals surface area (Å²) in [6.45, 7) is 11.8. The third-order valence-corrected chi connectivity index (χ3v) is 14.2. The van der Waals surface area contributed by atoms with Crippen molar-refractivity contribution in [1.29, 1.82) is 0 Å². The highest BCUT2D eigenvalue weighted by molar-refractivity contribution is 7.57. The van der Waals surface area contributed by atoms with Crippen LogP contribution in [-0.4, -0.2) is 12.6 Å². The number of esters is 1. The Morgan fingerprint density at radius 2 is 0.984 bits per heavy atom. The lowest BCUT2D eigenvalue weighted by Crippen LogP contribution is -2.27. The van der Waals surface area contributed by atoms with E-state index in [1.807, 2.05) is 12.1 Å². The van der Waals surface area contributed by atoms with Crippen LogP contribution in [0.5, 0.6) is 11.5 Å². The Morgan fingerprint density at radius 1 is 0.541 bits per heavy atom. The standard InChI is InChI=1S/C56H71O4P/c1-6-7-8-9-10-11-12-13-14-15-16-17-18-19-20-31-40-58-53(57)43-44-41-49(55(2,3)45-32-23-21-24-33-45)54(50(42-44)56(4,5)46-34-25-22-26-35-46)60-61-52-39-30-28-37-48(52)47-36-27-29-38-51(47)59-61/h21-30,32-39,41-42H,6-20,31,40,43H2,1-5H3. The Labute approximate surface area is 369 Å². The third-order valence-electron chi connectivity index (χ3n) is 12.7. The minimum atomic E-state index is -1.56. The first-order chi connectivity index (χ1) is 29.7.